The Labute approximate surface area is 278 Å². The molecule has 0 aliphatic carbocycles. The summed E-state index contributed by atoms with van der Waals surface area (Å²) in [7, 11) is 0. The molecule has 2 aromatic rings. The van der Waals surface area contributed by atoms with Crippen LogP contribution in [0.15, 0.2) is 36.4 Å². The van der Waals surface area contributed by atoms with Gasteiger partial charge < -0.3 is 59.3 Å². The number of benzene rings is 2. The summed E-state index contributed by atoms with van der Waals surface area (Å²) in [6.07, 6.45) is -0.157. The van der Waals surface area contributed by atoms with E-state index in [1.54, 1.807) is 24.3 Å². The highest BCUT2D eigenvalue weighted by Crippen LogP contribution is 2.34. The number of rotatable bonds is 20. The molecule has 0 aliphatic rings. The molecule has 0 spiro atoms. The molecule has 240 valence electrons. The Bertz CT molecular complexity index is 1250. The van der Waals surface area contributed by atoms with Crippen LogP contribution in [0, 0.1) is 7.14 Å². The molecular formula is C27H26I2N3O12-5. The molecule has 17 heteroatoms. The van der Waals surface area contributed by atoms with E-state index < -0.39 is 62.1 Å². The third-order valence-corrected chi connectivity index (χ3v) is 7.68. The number of phenols is 1. The van der Waals surface area contributed by atoms with E-state index in [1.807, 2.05) is 45.2 Å². The smallest absolute Gasteiger partial charge is 0.154 e. The van der Waals surface area contributed by atoms with Gasteiger partial charge in [-0.1, -0.05) is 0 Å². The normalized spacial score (nSPS) is 11.9. The number of carboxylic acid groups (broad SMARTS) is 5. The van der Waals surface area contributed by atoms with Gasteiger partial charge in [-0.3, -0.25) is 14.7 Å². The fourth-order valence-electron chi connectivity index (χ4n) is 4.17. The maximum absolute atomic E-state index is 12.4. The standard InChI is InChI=1S/C27H31I2N3O12/c28-19-9-16(10-20(29)26(19)44-18-3-1-17(33)2-4-18)11-21(27(42)43)32(7-5-30(12-22(34)35)13-23(36)37)8-6-31(14-24(38)39)15-25(40)41/h1-4,9-10,21,33H,5-8,11-15H2,(H,34,35)(H,36,37)(H,38,39)(H,40,41)(H,42,43)/p-5/t21-/m1/s1. The van der Waals surface area contributed by atoms with Crippen molar-refractivity contribution in [3.05, 3.63) is 49.1 Å². The van der Waals surface area contributed by atoms with E-state index in [-0.39, 0.29) is 38.3 Å². The van der Waals surface area contributed by atoms with Crippen molar-refractivity contribution in [2.45, 2.75) is 12.5 Å². The van der Waals surface area contributed by atoms with Gasteiger partial charge >= 0.3 is 0 Å². The van der Waals surface area contributed by atoms with Crippen molar-refractivity contribution in [3.8, 4) is 17.2 Å². The lowest BCUT2D eigenvalue weighted by Gasteiger charge is -2.36. The van der Waals surface area contributed by atoms with E-state index in [4.69, 9.17) is 4.74 Å². The van der Waals surface area contributed by atoms with Gasteiger partial charge in [0.1, 0.15) is 11.5 Å². The number of aromatic hydroxyl groups is 1. The lowest BCUT2D eigenvalue weighted by Crippen LogP contribution is -2.55. The highest BCUT2D eigenvalue weighted by molar-refractivity contribution is 14.1. The molecule has 0 bridgehead atoms. The number of phenolic OH excluding ortho intramolecular Hbond substituents is 1. The molecule has 0 saturated heterocycles. The summed E-state index contributed by atoms with van der Waals surface area (Å²) < 4.78 is 7.15. The van der Waals surface area contributed by atoms with Crippen molar-refractivity contribution < 1.29 is 59.3 Å². The molecule has 44 heavy (non-hydrogen) atoms. The Morgan fingerprint density at radius 3 is 1.48 bits per heavy atom. The van der Waals surface area contributed by atoms with Crippen molar-refractivity contribution in [2.75, 3.05) is 52.4 Å². The van der Waals surface area contributed by atoms with Gasteiger partial charge in [-0.2, -0.15) is 0 Å². The summed E-state index contributed by atoms with van der Waals surface area (Å²) in [4.78, 5) is 60.1. The van der Waals surface area contributed by atoms with E-state index in [1.165, 1.54) is 17.0 Å². The first kappa shape index (κ1) is 36.9. The van der Waals surface area contributed by atoms with Gasteiger partial charge in [0.05, 0.1) is 43.0 Å². The molecule has 0 fully saturated rings. The predicted molar refractivity (Wildman–Crippen MR) is 157 cm³/mol. The van der Waals surface area contributed by atoms with Gasteiger partial charge in [0.25, 0.3) is 0 Å². The average Bonchev–Trinajstić information content (AvgIpc) is 2.89. The molecule has 0 saturated carbocycles. The Morgan fingerprint density at radius 1 is 0.705 bits per heavy atom. The predicted octanol–water partition coefficient (Wildman–Crippen LogP) is -5.04. The lowest BCUT2D eigenvalue weighted by molar-refractivity contribution is -0.314. The monoisotopic (exact) mass is 838 g/mol. The highest BCUT2D eigenvalue weighted by atomic mass is 127. The van der Waals surface area contributed by atoms with E-state index in [0.717, 1.165) is 9.80 Å². The molecule has 0 aromatic heterocycles. The maximum atomic E-state index is 12.4. The summed E-state index contributed by atoms with van der Waals surface area (Å²) in [5.41, 5.74) is 0.527. The number of hydrogen-bond acceptors (Lipinski definition) is 15. The molecule has 0 radical (unpaired) electrons. The molecular weight excluding hydrogens is 812 g/mol. The first-order chi connectivity index (χ1) is 20.6. The molecule has 15 nitrogen and oxygen atoms in total. The quantitative estimate of drug-likeness (QED) is 0.123. The van der Waals surface area contributed by atoms with Crippen LogP contribution in [0.1, 0.15) is 5.56 Å². The lowest BCUT2D eigenvalue weighted by atomic mass is 10.0. The zero-order chi connectivity index (χ0) is 33.0. The minimum absolute atomic E-state index is 0.0553. The van der Waals surface area contributed by atoms with Crippen LogP contribution in [0.5, 0.6) is 17.2 Å². The van der Waals surface area contributed by atoms with Gasteiger partial charge in [-0.25, -0.2) is 0 Å². The zero-order valence-corrected chi connectivity index (χ0v) is 27.3. The number of carbonyl (C=O) groups excluding carboxylic acids is 5. The first-order valence-corrected chi connectivity index (χ1v) is 14.9. The highest BCUT2D eigenvalue weighted by Gasteiger charge is 2.24. The minimum atomic E-state index is -1.58. The van der Waals surface area contributed by atoms with Crippen LogP contribution in [0.3, 0.4) is 0 Å². The number of nitrogens with zero attached hydrogens (tertiary/aromatic N) is 3. The van der Waals surface area contributed by atoms with Crippen LogP contribution in [0.4, 0.5) is 0 Å². The number of carboxylic acids is 5. The summed E-state index contributed by atoms with van der Waals surface area (Å²) in [6, 6.07) is 7.97. The summed E-state index contributed by atoms with van der Waals surface area (Å²) in [6.45, 7) is -4.20. The Kier molecular flexibility index (Phi) is 15.0. The summed E-state index contributed by atoms with van der Waals surface area (Å²) >= 11 is 4.01. The summed E-state index contributed by atoms with van der Waals surface area (Å²) in [5, 5.41) is 66.4. The van der Waals surface area contributed by atoms with Gasteiger partial charge in [0.15, 0.2) is 5.75 Å². The van der Waals surface area contributed by atoms with Gasteiger partial charge in [-0.15, -0.1) is 0 Å². The SMILES string of the molecule is O=C([O-])CN(CCN(CCN(CC(=O)[O-])CC(=O)[O-])[C@H](Cc1cc(I)c(Oc2ccc(O)cc2)c(I)c1)C(=O)[O-])CC(=O)[O-]. The molecule has 1 atom stereocenters. The van der Waals surface area contributed by atoms with Crippen LogP contribution in [-0.2, 0) is 30.4 Å². The van der Waals surface area contributed by atoms with Crippen molar-refractivity contribution in [2.24, 2.45) is 0 Å². The zero-order valence-electron chi connectivity index (χ0n) is 22.9. The van der Waals surface area contributed by atoms with Crippen molar-refractivity contribution in [1.29, 1.82) is 0 Å². The molecule has 0 aliphatic heterocycles. The van der Waals surface area contributed by atoms with Crippen molar-refractivity contribution in [3.63, 3.8) is 0 Å². The Balaban J connectivity index is 2.36. The molecule has 0 heterocycles. The number of hydrogen-bond donors (Lipinski definition) is 1. The van der Waals surface area contributed by atoms with Gasteiger partial charge in [0, 0.05) is 52.4 Å². The second kappa shape index (κ2) is 17.9. The molecule has 0 amide bonds. The van der Waals surface area contributed by atoms with E-state index in [0.29, 0.717) is 24.2 Å². The summed E-state index contributed by atoms with van der Waals surface area (Å²) in [5.74, 6) is -6.89. The molecule has 1 N–H and O–H groups in total. The third-order valence-electron chi connectivity index (χ3n) is 6.07. The Morgan fingerprint density at radius 2 is 1.11 bits per heavy atom. The van der Waals surface area contributed by atoms with Crippen LogP contribution in [0.25, 0.3) is 0 Å². The fourth-order valence-corrected chi connectivity index (χ4v) is 6.28. The molecule has 2 aromatic carbocycles. The molecule has 2 rings (SSSR count). The number of halogens is 2. The fraction of sp³-hybridized carbons (Fsp3) is 0.370. The Hall–Kier alpha value is -3.27. The molecule has 0 unspecified atom stereocenters. The van der Waals surface area contributed by atoms with Crippen molar-refractivity contribution in [1.82, 2.24) is 14.7 Å². The second-order valence-corrected chi connectivity index (χ2v) is 11.8. The van der Waals surface area contributed by atoms with Crippen LogP contribution in [0.2, 0.25) is 0 Å². The minimum Gasteiger partial charge on any atom is -0.549 e. The number of aliphatic carboxylic acids is 5. The van der Waals surface area contributed by atoms with Crippen LogP contribution < -0.4 is 30.3 Å². The first-order valence-electron chi connectivity index (χ1n) is 12.8. The van der Waals surface area contributed by atoms with E-state index in [9.17, 15) is 54.6 Å². The number of carbonyl (C=O) groups is 5. The van der Waals surface area contributed by atoms with E-state index >= 15 is 0 Å². The van der Waals surface area contributed by atoms with Crippen LogP contribution >= 0.6 is 45.2 Å². The number of ether oxygens (including phenoxy) is 1. The maximum Gasteiger partial charge on any atom is 0.154 e. The van der Waals surface area contributed by atoms with Gasteiger partial charge in [-0.05, 0) is 93.6 Å². The van der Waals surface area contributed by atoms with Gasteiger partial charge in [0.2, 0.25) is 0 Å². The van der Waals surface area contributed by atoms with E-state index in [2.05, 4.69) is 0 Å². The largest absolute Gasteiger partial charge is 0.549 e. The third kappa shape index (κ3) is 13.2. The topological polar surface area (TPSA) is 240 Å². The average molecular weight is 838 g/mol. The van der Waals surface area contributed by atoms with Crippen molar-refractivity contribution >= 4 is 75.0 Å². The second-order valence-electron chi connectivity index (χ2n) is 9.47. The van der Waals surface area contributed by atoms with Crippen LogP contribution in [-0.4, -0.2) is 108 Å².